The largest absolute Gasteiger partial charge is 0.305 e. The first-order valence-electron chi connectivity index (χ1n) is 5.25. The van der Waals surface area contributed by atoms with Crippen LogP contribution in [0.3, 0.4) is 0 Å². The maximum absolute atomic E-state index is 5.56. The molecule has 82 valence electrons. The topological polar surface area (TPSA) is 9.23 Å². The Morgan fingerprint density at radius 2 is 1.62 bits per heavy atom. The van der Waals surface area contributed by atoms with Gasteiger partial charge in [-0.05, 0) is 24.6 Å². The SMILES string of the molecule is Cc1ccc(SOCc2ccccc2)cc1. The lowest BCUT2D eigenvalue weighted by Gasteiger charge is -2.03. The number of aryl methyl sites for hydroxylation is 1. The van der Waals surface area contributed by atoms with E-state index in [2.05, 4.69) is 43.3 Å². The van der Waals surface area contributed by atoms with Gasteiger partial charge in [-0.2, -0.15) is 0 Å². The molecule has 2 rings (SSSR count). The van der Waals surface area contributed by atoms with Crippen LogP contribution in [0.5, 0.6) is 0 Å². The maximum Gasteiger partial charge on any atom is 0.0869 e. The molecular weight excluding hydrogens is 216 g/mol. The smallest absolute Gasteiger partial charge is 0.0869 e. The monoisotopic (exact) mass is 230 g/mol. The summed E-state index contributed by atoms with van der Waals surface area (Å²) in [7, 11) is 0. The molecular formula is C14H14OS. The van der Waals surface area contributed by atoms with E-state index in [4.69, 9.17) is 4.18 Å². The van der Waals surface area contributed by atoms with Crippen LogP contribution in [0.25, 0.3) is 0 Å². The Hall–Kier alpha value is -1.25. The lowest BCUT2D eigenvalue weighted by atomic mass is 10.2. The molecule has 0 saturated carbocycles. The minimum Gasteiger partial charge on any atom is -0.305 e. The van der Waals surface area contributed by atoms with Crippen LogP contribution < -0.4 is 0 Å². The van der Waals surface area contributed by atoms with Gasteiger partial charge >= 0.3 is 0 Å². The zero-order valence-electron chi connectivity index (χ0n) is 9.22. The predicted molar refractivity (Wildman–Crippen MR) is 68.3 cm³/mol. The van der Waals surface area contributed by atoms with E-state index in [-0.39, 0.29) is 0 Å². The lowest BCUT2D eigenvalue weighted by molar-refractivity contribution is 0.364. The Morgan fingerprint density at radius 3 is 2.31 bits per heavy atom. The zero-order chi connectivity index (χ0) is 11.2. The van der Waals surface area contributed by atoms with Crippen molar-refractivity contribution in [3.8, 4) is 0 Å². The highest BCUT2D eigenvalue weighted by molar-refractivity contribution is 7.94. The summed E-state index contributed by atoms with van der Waals surface area (Å²) in [6.45, 7) is 2.72. The van der Waals surface area contributed by atoms with Crippen molar-refractivity contribution in [2.45, 2.75) is 18.4 Å². The summed E-state index contributed by atoms with van der Waals surface area (Å²) in [4.78, 5) is 1.14. The van der Waals surface area contributed by atoms with Gasteiger partial charge in [0.25, 0.3) is 0 Å². The summed E-state index contributed by atoms with van der Waals surface area (Å²) in [6, 6.07) is 18.5. The second-order valence-electron chi connectivity index (χ2n) is 3.64. The molecule has 0 aliphatic heterocycles. The van der Waals surface area contributed by atoms with Crippen LogP contribution in [-0.4, -0.2) is 0 Å². The predicted octanol–water partition coefficient (Wildman–Crippen LogP) is 4.22. The molecule has 0 saturated heterocycles. The third kappa shape index (κ3) is 3.40. The minimum absolute atomic E-state index is 0.638. The normalized spacial score (nSPS) is 10.3. The molecule has 0 aliphatic carbocycles. The highest BCUT2D eigenvalue weighted by atomic mass is 32.2. The molecule has 0 amide bonds. The first kappa shape index (κ1) is 11.2. The van der Waals surface area contributed by atoms with Gasteiger partial charge in [0.2, 0.25) is 0 Å². The highest BCUT2D eigenvalue weighted by Crippen LogP contribution is 2.20. The fourth-order valence-corrected chi connectivity index (χ4v) is 1.91. The summed E-state index contributed by atoms with van der Waals surface area (Å²) < 4.78 is 5.56. The van der Waals surface area contributed by atoms with Crippen molar-refractivity contribution in [3.63, 3.8) is 0 Å². The van der Waals surface area contributed by atoms with Crippen LogP contribution in [0.1, 0.15) is 11.1 Å². The van der Waals surface area contributed by atoms with Crippen molar-refractivity contribution < 1.29 is 4.18 Å². The van der Waals surface area contributed by atoms with Crippen LogP contribution in [0.2, 0.25) is 0 Å². The summed E-state index contributed by atoms with van der Waals surface area (Å²) >= 11 is 1.42. The molecule has 2 heteroatoms. The Labute approximate surface area is 101 Å². The maximum atomic E-state index is 5.56. The Balaban J connectivity index is 1.82. The van der Waals surface area contributed by atoms with Crippen molar-refractivity contribution >= 4 is 12.0 Å². The third-order valence-electron chi connectivity index (χ3n) is 2.24. The Morgan fingerprint density at radius 1 is 0.938 bits per heavy atom. The van der Waals surface area contributed by atoms with E-state index in [1.807, 2.05) is 18.2 Å². The molecule has 0 fully saturated rings. The summed E-state index contributed by atoms with van der Waals surface area (Å²) in [6.07, 6.45) is 0. The number of benzene rings is 2. The molecule has 2 aromatic carbocycles. The second kappa shape index (κ2) is 5.73. The average Bonchev–Trinajstić information content (AvgIpc) is 2.33. The van der Waals surface area contributed by atoms with E-state index in [1.54, 1.807) is 0 Å². The molecule has 0 aromatic heterocycles. The van der Waals surface area contributed by atoms with Crippen molar-refractivity contribution in [2.24, 2.45) is 0 Å². The van der Waals surface area contributed by atoms with E-state index in [1.165, 1.54) is 23.2 Å². The van der Waals surface area contributed by atoms with Gasteiger partial charge in [0, 0.05) is 16.9 Å². The minimum atomic E-state index is 0.638. The van der Waals surface area contributed by atoms with Crippen LogP contribution in [-0.2, 0) is 10.8 Å². The lowest BCUT2D eigenvalue weighted by Crippen LogP contribution is -1.84. The molecule has 16 heavy (non-hydrogen) atoms. The second-order valence-corrected chi connectivity index (χ2v) is 4.52. The number of hydrogen-bond acceptors (Lipinski definition) is 2. The highest BCUT2D eigenvalue weighted by Gasteiger charge is 1.95. The molecule has 1 nitrogen and oxygen atoms in total. The van der Waals surface area contributed by atoms with Crippen LogP contribution in [0.15, 0.2) is 59.5 Å². The van der Waals surface area contributed by atoms with Gasteiger partial charge in [0.05, 0.1) is 6.61 Å². The Bertz CT molecular complexity index is 422. The van der Waals surface area contributed by atoms with Gasteiger partial charge in [-0.1, -0.05) is 48.0 Å². The van der Waals surface area contributed by atoms with Crippen molar-refractivity contribution in [1.29, 1.82) is 0 Å². The van der Waals surface area contributed by atoms with E-state index in [0.29, 0.717) is 6.61 Å². The van der Waals surface area contributed by atoms with Gasteiger partial charge in [0.15, 0.2) is 0 Å². The van der Waals surface area contributed by atoms with Gasteiger partial charge in [-0.15, -0.1) is 0 Å². The van der Waals surface area contributed by atoms with E-state index in [9.17, 15) is 0 Å². The third-order valence-corrected chi connectivity index (χ3v) is 2.94. The average molecular weight is 230 g/mol. The molecule has 0 heterocycles. The number of rotatable bonds is 4. The van der Waals surface area contributed by atoms with Crippen LogP contribution in [0, 0.1) is 6.92 Å². The molecule has 0 atom stereocenters. The molecule has 0 N–H and O–H groups in total. The molecule has 0 radical (unpaired) electrons. The standard InChI is InChI=1S/C14H14OS/c1-12-7-9-14(10-8-12)16-15-11-13-5-3-2-4-6-13/h2-10H,11H2,1H3. The molecule has 0 bridgehead atoms. The number of hydrogen-bond donors (Lipinski definition) is 0. The molecule has 0 unspecified atom stereocenters. The fraction of sp³-hybridized carbons (Fsp3) is 0.143. The van der Waals surface area contributed by atoms with Crippen molar-refractivity contribution in [1.82, 2.24) is 0 Å². The fourth-order valence-electron chi connectivity index (χ4n) is 1.33. The summed E-state index contributed by atoms with van der Waals surface area (Å²) in [5, 5.41) is 0. The first-order valence-corrected chi connectivity index (χ1v) is 5.99. The summed E-state index contributed by atoms with van der Waals surface area (Å²) in [5.41, 5.74) is 2.47. The van der Waals surface area contributed by atoms with E-state index in [0.717, 1.165) is 4.90 Å². The first-order chi connectivity index (χ1) is 7.84. The van der Waals surface area contributed by atoms with Crippen LogP contribution >= 0.6 is 12.0 Å². The van der Waals surface area contributed by atoms with Gasteiger partial charge in [0.1, 0.15) is 0 Å². The van der Waals surface area contributed by atoms with Crippen LogP contribution in [0.4, 0.5) is 0 Å². The quantitative estimate of drug-likeness (QED) is 0.727. The van der Waals surface area contributed by atoms with Gasteiger partial charge < -0.3 is 4.18 Å². The molecule has 0 aliphatic rings. The Kier molecular flexibility index (Phi) is 4.03. The van der Waals surface area contributed by atoms with Gasteiger partial charge in [-0.3, -0.25) is 0 Å². The van der Waals surface area contributed by atoms with Crippen molar-refractivity contribution in [2.75, 3.05) is 0 Å². The molecule has 0 spiro atoms. The van der Waals surface area contributed by atoms with Crippen molar-refractivity contribution in [3.05, 3.63) is 65.7 Å². The molecule has 2 aromatic rings. The summed E-state index contributed by atoms with van der Waals surface area (Å²) in [5.74, 6) is 0. The van der Waals surface area contributed by atoms with E-state index >= 15 is 0 Å². The zero-order valence-corrected chi connectivity index (χ0v) is 10.0. The van der Waals surface area contributed by atoms with Gasteiger partial charge in [-0.25, -0.2) is 0 Å². The van der Waals surface area contributed by atoms with E-state index < -0.39 is 0 Å².